The van der Waals surface area contributed by atoms with E-state index in [-0.39, 0.29) is 66.7 Å². The molecule has 0 aliphatic carbocycles. The number of benzene rings is 2. The van der Waals surface area contributed by atoms with Crippen molar-refractivity contribution in [1.82, 2.24) is 24.6 Å². The minimum Gasteiger partial charge on any atom is -0.328 e. The van der Waals surface area contributed by atoms with Crippen molar-refractivity contribution in [2.45, 2.75) is 31.3 Å². The van der Waals surface area contributed by atoms with Gasteiger partial charge < -0.3 is 9.80 Å². The van der Waals surface area contributed by atoms with E-state index in [0.29, 0.717) is 18.3 Å². The van der Waals surface area contributed by atoms with E-state index in [2.05, 4.69) is 20.1 Å². The van der Waals surface area contributed by atoms with Crippen LogP contribution in [-0.4, -0.2) is 73.5 Å². The summed E-state index contributed by atoms with van der Waals surface area (Å²) < 4.78 is 79.7. The Morgan fingerprint density at radius 1 is 0.848 bits per heavy atom. The Hall–Kier alpha value is -4.49. The summed E-state index contributed by atoms with van der Waals surface area (Å²) in [7, 11) is 0. The van der Waals surface area contributed by atoms with E-state index in [1.54, 1.807) is 0 Å². The van der Waals surface area contributed by atoms with Crippen LogP contribution in [0, 0.1) is 46.2 Å². The molecular weight excluding hydrogens is 665 g/mol. The summed E-state index contributed by atoms with van der Waals surface area (Å²) in [6, 6.07) is 5.53. The molecule has 2 atom stereocenters. The third-order valence-corrected chi connectivity index (χ3v) is 7.56. The van der Waals surface area contributed by atoms with Gasteiger partial charge in [0.25, 0.3) is 0 Å². The summed E-state index contributed by atoms with van der Waals surface area (Å²) >= 11 is 10.9. The second-order valence-electron chi connectivity index (χ2n) is 10.0. The molecule has 0 bridgehead atoms. The Morgan fingerprint density at radius 3 is 1.74 bits per heavy atom. The molecule has 2 amide bonds. The number of carbonyl (C=O) groups excluding carboxylic acids is 2. The number of hydrogen-bond donors (Lipinski definition) is 0. The van der Waals surface area contributed by atoms with Gasteiger partial charge in [0.1, 0.15) is 30.6 Å². The summed E-state index contributed by atoms with van der Waals surface area (Å²) in [6.45, 7) is 1.08. The Bertz CT molecular complexity index is 1680. The molecule has 4 heterocycles. The predicted octanol–water partition coefficient (Wildman–Crippen LogP) is 4.82. The molecule has 242 valence electrons. The van der Waals surface area contributed by atoms with Crippen molar-refractivity contribution in [3.63, 3.8) is 0 Å². The molecule has 2 saturated heterocycles. The van der Waals surface area contributed by atoms with Crippen LogP contribution in [0.3, 0.4) is 0 Å². The first-order valence-corrected chi connectivity index (χ1v) is 14.2. The highest BCUT2D eigenvalue weighted by Gasteiger charge is 2.33. The number of nitrogens with zero attached hydrogens (tertiary/aromatic N) is 8. The molecule has 18 heteroatoms. The van der Waals surface area contributed by atoms with Crippen molar-refractivity contribution >= 4 is 46.5 Å². The van der Waals surface area contributed by atoms with Crippen LogP contribution < -0.4 is 0 Å². The molecule has 3 aliphatic heterocycles. The molecule has 2 fully saturated rings. The van der Waals surface area contributed by atoms with Gasteiger partial charge in [-0.3, -0.25) is 14.6 Å². The van der Waals surface area contributed by atoms with Crippen LogP contribution >= 0.6 is 23.2 Å². The van der Waals surface area contributed by atoms with E-state index < -0.39 is 40.8 Å². The van der Waals surface area contributed by atoms with Gasteiger partial charge in [0.05, 0.1) is 12.5 Å². The summed E-state index contributed by atoms with van der Waals surface area (Å²) in [5.74, 6) is -9.23. The van der Waals surface area contributed by atoms with Crippen LogP contribution in [0.4, 0.5) is 26.3 Å². The van der Waals surface area contributed by atoms with Crippen molar-refractivity contribution in [1.29, 1.82) is 5.26 Å². The zero-order valence-corrected chi connectivity index (χ0v) is 25.0. The topological polar surface area (TPSA) is 120 Å². The minimum absolute atomic E-state index is 0.0182. The monoisotopic (exact) mass is 686 g/mol. The third kappa shape index (κ3) is 8.20. The van der Waals surface area contributed by atoms with Gasteiger partial charge in [-0.2, -0.15) is 10.4 Å². The molecule has 0 N–H and O–H groups in total. The molecule has 10 nitrogen and oxygen atoms in total. The van der Waals surface area contributed by atoms with Crippen LogP contribution in [0.25, 0.3) is 0 Å². The van der Waals surface area contributed by atoms with Crippen LogP contribution in [0.5, 0.6) is 0 Å². The Morgan fingerprint density at radius 2 is 1.35 bits per heavy atom. The smallest absolute Gasteiger partial charge is 0.232 e. The highest BCUT2D eigenvalue weighted by Crippen LogP contribution is 2.31. The second-order valence-corrected chi connectivity index (χ2v) is 10.7. The molecule has 3 aliphatic rings. The number of aliphatic imine (C=N–C) groups is 2. The summed E-state index contributed by atoms with van der Waals surface area (Å²) in [5.41, 5.74) is 0.499. The highest BCUT2D eigenvalue weighted by molar-refractivity contribution is 6.67. The SMILES string of the molecule is ClC1=NC=NC1.N#Cc1ncnn1CN1C[C@@H](c2cc(F)c(F)c(F)c2)CC1=O.O=C1C[C@H](c2cc(F)c(F)c(F)c2)CN1CCl. The highest BCUT2D eigenvalue weighted by atomic mass is 35.5. The zero-order chi connectivity index (χ0) is 33.5. The van der Waals surface area contributed by atoms with E-state index in [4.69, 9.17) is 28.5 Å². The lowest BCUT2D eigenvalue weighted by Crippen LogP contribution is -2.29. The molecule has 2 aromatic carbocycles. The fraction of sp³-hybridized carbons (Fsp3) is 0.321. The number of likely N-dealkylation sites (tertiary alicyclic amines) is 2. The summed E-state index contributed by atoms with van der Waals surface area (Å²) in [4.78, 5) is 37.3. The molecule has 6 rings (SSSR count). The van der Waals surface area contributed by atoms with Gasteiger partial charge in [0.2, 0.25) is 17.6 Å². The molecule has 0 radical (unpaired) electrons. The van der Waals surface area contributed by atoms with Gasteiger partial charge in [-0.15, -0.1) is 11.6 Å². The summed E-state index contributed by atoms with van der Waals surface area (Å²) in [5, 5.41) is 13.3. The van der Waals surface area contributed by atoms with Crippen molar-refractivity contribution in [2.75, 3.05) is 25.6 Å². The van der Waals surface area contributed by atoms with Gasteiger partial charge in [-0.1, -0.05) is 11.6 Å². The minimum atomic E-state index is -1.53. The van der Waals surface area contributed by atoms with E-state index >= 15 is 0 Å². The quantitative estimate of drug-likeness (QED) is 0.165. The number of carbonyl (C=O) groups is 2. The molecule has 0 unspecified atom stereocenters. The second kappa shape index (κ2) is 15.2. The lowest BCUT2D eigenvalue weighted by molar-refractivity contribution is -0.129. The van der Waals surface area contributed by atoms with E-state index in [9.17, 15) is 35.9 Å². The fourth-order valence-corrected chi connectivity index (χ4v) is 5.08. The van der Waals surface area contributed by atoms with E-state index in [0.717, 1.165) is 24.3 Å². The number of alkyl halides is 1. The summed E-state index contributed by atoms with van der Waals surface area (Å²) in [6.07, 6.45) is 2.84. The normalized spacial score (nSPS) is 18.6. The van der Waals surface area contributed by atoms with Gasteiger partial charge in [0, 0.05) is 37.8 Å². The number of hydrogen-bond acceptors (Lipinski definition) is 7. The first-order valence-electron chi connectivity index (χ1n) is 13.3. The Balaban J connectivity index is 0.000000182. The van der Waals surface area contributed by atoms with Crippen molar-refractivity contribution in [3.05, 3.63) is 82.4 Å². The average Bonchev–Trinajstić information content (AvgIpc) is 3.84. The van der Waals surface area contributed by atoms with Crippen LogP contribution in [-0.2, 0) is 16.3 Å². The molecule has 46 heavy (non-hydrogen) atoms. The molecule has 0 saturated carbocycles. The molecule has 0 spiro atoms. The van der Waals surface area contributed by atoms with Crippen molar-refractivity contribution in [3.8, 4) is 6.07 Å². The average molecular weight is 687 g/mol. The van der Waals surface area contributed by atoms with Gasteiger partial charge >= 0.3 is 0 Å². The van der Waals surface area contributed by atoms with Crippen LogP contribution in [0.1, 0.15) is 41.6 Å². The lowest BCUT2D eigenvalue weighted by atomic mass is 9.98. The molecule has 3 aromatic rings. The van der Waals surface area contributed by atoms with Crippen LogP contribution in [0.2, 0.25) is 0 Å². The maximum atomic E-state index is 13.3. The first kappa shape index (κ1) is 34.4. The Kier molecular flexibility index (Phi) is 11.4. The zero-order valence-electron chi connectivity index (χ0n) is 23.5. The predicted molar refractivity (Wildman–Crippen MR) is 153 cm³/mol. The maximum Gasteiger partial charge on any atom is 0.232 e. The largest absolute Gasteiger partial charge is 0.328 e. The molecular formula is C28H22Cl2F6N8O2. The number of halogens is 8. The Labute approximate surface area is 267 Å². The van der Waals surface area contributed by atoms with Crippen molar-refractivity contribution in [2.24, 2.45) is 9.98 Å². The van der Waals surface area contributed by atoms with E-state index in [1.165, 1.54) is 27.1 Å². The first-order chi connectivity index (χ1) is 21.9. The lowest BCUT2D eigenvalue weighted by Gasteiger charge is -2.17. The van der Waals surface area contributed by atoms with E-state index in [1.807, 2.05) is 6.07 Å². The van der Waals surface area contributed by atoms with Gasteiger partial charge in [-0.05, 0) is 35.4 Å². The van der Waals surface area contributed by atoms with Gasteiger partial charge in [0.15, 0.2) is 34.9 Å². The fourth-order valence-electron chi connectivity index (χ4n) is 4.74. The number of nitriles is 1. The maximum absolute atomic E-state index is 13.3. The number of aromatic nitrogens is 3. The van der Waals surface area contributed by atoms with Gasteiger partial charge in [-0.25, -0.2) is 41.0 Å². The van der Waals surface area contributed by atoms with Crippen molar-refractivity contribution < 1.29 is 35.9 Å². The standard InChI is InChI=1S/C14H10F3N5O.C11H9ClF3NO.C3H3ClN2/c15-10-1-8(2-11(16)14(10)17)9-3-13(23)21(5-9)7-22-12(4-18)19-6-20-22;12-5-16-4-7(3-10(16)17)6-1-8(13)11(15)9(14)2-6;4-3-1-5-2-6-3/h1-2,6,9H,3,5,7H2;1-2,7H,3-5H2;2H,1H2/t9-;7-;/m00./s1. The third-order valence-electron chi connectivity index (χ3n) is 7.05. The van der Waals surface area contributed by atoms with Crippen LogP contribution in [0.15, 0.2) is 40.6 Å². The molecule has 1 aromatic heterocycles. The number of amides is 2. The number of rotatable bonds is 5.